The molecule has 2 N–H and O–H groups in total. The summed E-state index contributed by atoms with van der Waals surface area (Å²) in [5.74, 6) is 0.774. The molecule has 1 aliphatic rings. The zero-order valence-corrected chi connectivity index (χ0v) is 11.5. The Hall–Kier alpha value is -1.33. The fraction of sp³-hybridized carbons (Fsp3) is 0.429. The van der Waals surface area contributed by atoms with E-state index < -0.39 is 0 Å². The first-order valence-electron chi connectivity index (χ1n) is 6.42. The van der Waals surface area contributed by atoms with E-state index in [4.69, 9.17) is 0 Å². The third-order valence-electron chi connectivity index (χ3n) is 2.99. The van der Waals surface area contributed by atoms with E-state index in [0.717, 1.165) is 19.5 Å². The van der Waals surface area contributed by atoms with Crippen LogP contribution in [0.1, 0.15) is 16.8 Å². The van der Waals surface area contributed by atoms with Gasteiger partial charge in [0.1, 0.15) is 0 Å². The molecule has 0 spiro atoms. The van der Waals surface area contributed by atoms with E-state index in [2.05, 4.69) is 10.6 Å². The third kappa shape index (κ3) is 4.69. The van der Waals surface area contributed by atoms with Gasteiger partial charge in [0.2, 0.25) is 5.91 Å². The highest BCUT2D eigenvalue weighted by Crippen LogP contribution is 2.07. The molecule has 1 atom stereocenters. The molecular formula is C14H18N2O2S. The smallest absolute Gasteiger partial charge is 0.230 e. The Kier molecular flexibility index (Phi) is 5.42. The van der Waals surface area contributed by atoms with Crippen LogP contribution >= 0.6 is 11.8 Å². The monoisotopic (exact) mass is 278 g/mol. The minimum absolute atomic E-state index is 0.0135. The number of rotatable bonds is 6. The van der Waals surface area contributed by atoms with Gasteiger partial charge in [-0.2, -0.15) is 0 Å². The van der Waals surface area contributed by atoms with Crippen LogP contribution < -0.4 is 10.6 Å². The van der Waals surface area contributed by atoms with Gasteiger partial charge in [0.15, 0.2) is 5.78 Å². The largest absolute Gasteiger partial charge is 0.351 e. The second-order valence-electron chi connectivity index (χ2n) is 4.54. The van der Waals surface area contributed by atoms with Crippen LogP contribution in [-0.4, -0.2) is 42.3 Å². The third-order valence-corrected chi connectivity index (χ3v) is 3.92. The lowest BCUT2D eigenvalue weighted by molar-refractivity contribution is -0.119. The second kappa shape index (κ2) is 7.31. The van der Waals surface area contributed by atoms with E-state index >= 15 is 0 Å². The van der Waals surface area contributed by atoms with Gasteiger partial charge in [-0.25, -0.2) is 0 Å². The van der Waals surface area contributed by atoms with Crippen LogP contribution in [0, 0.1) is 0 Å². The quantitative estimate of drug-likeness (QED) is 0.765. The van der Waals surface area contributed by atoms with Crippen LogP contribution in [0.25, 0.3) is 0 Å². The molecule has 1 fully saturated rings. The highest BCUT2D eigenvalue weighted by atomic mass is 32.2. The number of ketones is 1. The molecule has 5 heteroatoms. The first-order valence-corrected chi connectivity index (χ1v) is 7.57. The van der Waals surface area contributed by atoms with Crippen LogP contribution in [0.5, 0.6) is 0 Å². The maximum Gasteiger partial charge on any atom is 0.230 e. The first-order chi connectivity index (χ1) is 9.25. The number of nitrogens with one attached hydrogen (secondary N) is 2. The number of hydrogen-bond acceptors (Lipinski definition) is 4. The molecular weight excluding hydrogens is 260 g/mol. The normalized spacial score (nSPS) is 18.2. The highest BCUT2D eigenvalue weighted by molar-refractivity contribution is 8.00. The Morgan fingerprint density at radius 2 is 2.05 bits per heavy atom. The lowest BCUT2D eigenvalue weighted by atomic mass is 10.2. The van der Waals surface area contributed by atoms with Gasteiger partial charge in [-0.1, -0.05) is 30.3 Å². The maximum atomic E-state index is 11.8. The summed E-state index contributed by atoms with van der Waals surface area (Å²) in [6.07, 6.45) is 0.985. The van der Waals surface area contributed by atoms with Gasteiger partial charge < -0.3 is 10.6 Å². The molecule has 1 heterocycles. The van der Waals surface area contributed by atoms with E-state index in [1.165, 1.54) is 11.8 Å². The fourth-order valence-electron chi connectivity index (χ4n) is 1.99. The molecule has 0 saturated carbocycles. The van der Waals surface area contributed by atoms with E-state index in [-0.39, 0.29) is 17.7 Å². The summed E-state index contributed by atoms with van der Waals surface area (Å²) in [6, 6.07) is 9.42. The number of amides is 1. The minimum atomic E-state index is 0.0135. The molecule has 0 aromatic heterocycles. The molecule has 1 saturated heterocycles. The van der Waals surface area contributed by atoms with E-state index in [0.29, 0.717) is 17.1 Å². The molecule has 1 unspecified atom stereocenters. The Morgan fingerprint density at radius 3 is 2.74 bits per heavy atom. The van der Waals surface area contributed by atoms with Crippen LogP contribution in [0.15, 0.2) is 30.3 Å². The Bertz CT molecular complexity index is 430. The van der Waals surface area contributed by atoms with Crippen LogP contribution in [0.2, 0.25) is 0 Å². The van der Waals surface area contributed by atoms with E-state index in [1.807, 2.05) is 18.2 Å². The lowest BCUT2D eigenvalue weighted by Gasteiger charge is -2.10. The lowest BCUT2D eigenvalue weighted by Crippen LogP contribution is -2.37. The highest BCUT2D eigenvalue weighted by Gasteiger charge is 2.16. The van der Waals surface area contributed by atoms with Gasteiger partial charge in [0.05, 0.1) is 11.5 Å². The number of carbonyl (C=O) groups is 2. The van der Waals surface area contributed by atoms with Crippen molar-refractivity contribution in [3.63, 3.8) is 0 Å². The van der Waals surface area contributed by atoms with Gasteiger partial charge in [0.25, 0.3) is 0 Å². The summed E-state index contributed by atoms with van der Waals surface area (Å²) >= 11 is 1.37. The van der Waals surface area contributed by atoms with E-state index in [1.54, 1.807) is 12.1 Å². The molecule has 1 aromatic rings. The van der Waals surface area contributed by atoms with Gasteiger partial charge in [-0.05, 0) is 13.0 Å². The summed E-state index contributed by atoms with van der Waals surface area (Å²) < 4.78 is 0. The zero-order valence-electron chi connectivity index (χ0n) is 10.7. The fourth-order valence-corrected chi connectivity index (χ4v) is 2.71. The average Bonchev–Trinajstić information content (AvgIpc) is 2.92. The number of Topliss-reactive ketones (excluding diaryl/α,β-unsaturated/α-hetero) is 1. The Labute approximate surface area is 117 Å². The summed E-state index contributed by atoms with van der Waals surface area (Å²) in [7, 11) is 0. The van der Waals surface area contributed by atoms with Crippen molar-refractivity contribution in [1.29, 1.82) is 0 Å². The summed E-state index contributed by atoms with van der Waals surface area (Å²) in [5.41, 5.74) is 0.704. The van der Waals surface area contributed by atoms with Crippen LogP contribution in [-0.2, 0) is 4.79 Å². The van der Waals surface area contributed by atoms with Crippen molar-refractivity contribution < 1.29 is 9.59 Å². The summed E-state index contributed by atoms with van der Waals surface area (Å²) in [5, 5.41) is 6.16. The SMILES string of the molecule is O=C(CSCC(=O)c1ccccc1)NC1CCNC1. The summed E-state index contributed by atoms with van der Waals surface area (Å²) in [6.45, 7) is 1.81. The second-order valence-corrected chi connectivity index (χ2v) is 5.52. The van der Waals surface area contributed by atoms with Crippen molar-refractivity contribution in [2.75, 3.05) is 24.6 Å². The molecule has 0 aliphatic carbocycles. The maximum absolute atomic E-state index is 11.8. The number of benzene rings is 1. The van der Waals surface area contributed by atoms with Crippen LogP contribution in [0.3, 0.4) is 0 Å². The molecule has 1 aliphatic heterocycles. The van der Waals surface area contributed by atoms with Crippen molar-refractivity contribution in [2.45, 2.75) is 12.5 Å². The van der Waals surface area contributed by atoms with Gasteiger partial charge >= 0.3 is 0 Å². The van der Waals surface area contributed by atoms with Gasteiger partial charge in [0, 0.05) is 18.2 Å². The predicted octanol–water partition coefficient (Wildman–Crippen LogP) is 1.08. The molecule has 0 radical (unpaired) electrons. The molecule has 1 amide bonds. The minimum Gasteiger partial charge on any atom is -0.351 e. The number of thioether (sulfide) groups is 1. The van der Waals surface area contributed by atoms with Gasteiger partial charge in [-0.3, -0.25) is 9.59 Å². The van der Waals surface area contributed by atoms with Gasteiger partial charge in [-0.15, -0.1) is 11.8 Å². The van der Waals surface area contributed by atoms with Crippen molar-refractivity contribution in [3.05, 3.63) is 35.9 Å². The topological polar surface area (TPSA) is 58.2 Å². The molecule has 0 bridgehead atoms. The molecule has 4 nitrogen and oxygen atoms in total. The van der Waals surface area contributed by atoms with Crippen molar-refractivity contribution in [1.82, 2.24) is 10.6 Å². The molecule has 2 rings (SSSR count). The molecule has 19 heavy (non-hydrogen) atoms. The number of carbonyl (C=O) groups excluding carboxylic acids is 2. The molecule has 1 aromatic carbocycles. The number of hydrogen-bond donors (Lipinski definition) is 2. The zero-order chi connectivity index (χ0) is 13.5. The van der Waals surface area contributed by atoms with E-state index in [9.17, 15) is 9.59 Å². The van der Waals surface area contributed by atoms with Crippen molar-refractivity contribution in [2.24, 2.45) is 0 Å². The van der Waals surface area contributed by atoms with Crippen LogP contribution in [0.4, 0.5) is 0 Å². The average molecular weight is 278 g/mol. The Balaban J connectivity index is 1.65. The van der Waals surface area contributed by atoms with Crippen molar-refractivity contribution >= 4 is 23.5 Å². The van der Waals surface area contributed by atoms with Crippen molar-refractivity contribution in [3.8, 4) is 0 Å². The summed E-state index contributed by atoms with van der Waals surface area (Å²) in [4.78, 5) is 23.5. The Morgan fingerprint density at radius 1 is 1.26 bits per heavy atom. The molecule has 102 valence electrons. The standard InChI is InChI=1S/C14H18N2O2S/c17-13(11-4-2-1-3-5-11)9-19-10-14(18)16-12-6-7-15-8-12/h1-5,12,15H,6-10H2,(H,16,18). The first kappa shape index (κ1) is 14.1. The predicted molar refractivity (Wildman–Crippen MR) is 77.5 cm³/mol.